The second-order valence-electron chi connectivity index (χ2n) is 7.69. The maximum Gasteiger partial charge on any atom is 0.176 e. The van der Waals surface area contributed by atoms with Gasteiger partial charge in [-0.3, -0.25) is 0 Å². The first-order valence-electron chi connectivity index (χ1n) is 8.22. The Morgan fingerprint density at radius 2 is 1.83 bits per heavy atom. The second kappa shape index (κ2) is 5.52. The van der Waals surface area contributed by atoms with Crippen molar-refractivity contribution in [3.63, 3.8) is 0 Å². The molecule has 0 amide bonds. The minimum absolute atomic E-state index is 0.0492. The van der Waals surface area contributed by atoms with Gasteiger partial charge in [0.15, 0.2) is 5.58 Å². The number of benzene rings is 1. The zero-order valence-corrected chi connectivity index (χ0v) is 14.8. The summed E-state index contributed by atoms with van der Waals surface area (Å²) in [5, 5.41) is 5.09. The van der Waals surface area contributed by atoms with Crippen molar-refractivity contribution in [1.82, 2.24) is 15.1 Å². The van der Waals surface area contributed by atoms with Crippen LogP contribution in [0, 0.1) is 5.92 Å². The van der Waals surface area contributed by atoms with Crippen molar-refractivity contribution in [2.24, 2.45) is 5.92 Å². The molecule has 2 aromatic heterocycles. The fourth-order valence-electron chi connectivity index (χ4n) is 2.84. The highest BCUT2D eigenvalue weighted by Crippen LogP contribution is 2.36. The van der Waals surface area contributed by atoms with Gasteiger partial charge in [-0.2, -0.15) is 0 Å². The summed E-state index contributed by atoms with van der Waals surface area (Å²) in [5.74, 6) is 1.95. The SMILES string of the molecule is CC(C)C(C)c1ncc(-c2ccc(C(C)(C)C)c3cnoc23)[nH]1. The van der Waals surface area contributed by atoms with Crippen LogP contribution in [0.15, 0.2) is 29.0 Å². The molecule has 0 aliphatic heterocycles. The molecule has 0 saturated carbocycles. The maximum absolute atomic E-state index is 5.56. The molecule has 0 aliphatic carbocycles. The monoisotopic (exact) mass is 311 g/mol. The van der Waals surface area contributed by atoms with Crippen LogP contribution in [0.25, 0.3) is 22.2 Å². The van der Waals surface area contributed by atoms with E-state index in [9.17, 15) is 0 Å². The van der Waals surface area contributed by atoms with Gasteiger partial charge in [-0.1, -0.05) is 52.8 Å². The summed E-state index contributed by atoms with van der Waals surface area (Å²) in [6, 6.07) is 4.27. The number of nitrogens with one attached hydrogen (secondary N) is 1. The number of imidazole rings is 1. The summed E-state index contributed by atoms with van der Waals surface area (Å²) >= 11 is 0. The predicted octanol–water partition coefficient (Wildman–Crippen LogP) is 5.27. The van der Waals surface area contributed by atoms with Crippen LogP contribution in [-0.2, 0) is 5.41 Å². The van der Waals surface area contributed by atoms with Crippen molar-refractivity contribution in [1.29, 1.82) is 0 Å². The molecule has 0 bridgehead atoms. The average molecular weight is 311 g/mol. The zero-order chi connectivity index (χ0) is 16.8. The van der Waals surface area contributed by atoms with Crippen molar-refractivity contribution in [3.8, 4) is 11.3 Å². The van der Waals surface area contributed by atoms with Crippen LogP contribution in [0.3, 0.4) is 0 Å². The number of hydrogen-bond donors (Lipinski definition) is 1. The van der Waals surface area contributed by atoms with E-state index in [0.29, 0.717) is 11.8 Å². The van der Waals surface area contributed by atoms with E-state index in [4.69, 9.17) is 4.52 Å². The van der Waals surface area contributed by atoms with Gasteiger partial charge >= 0.3 is 0 Å². The topological polar surface area (TPSA) is 54.7 Å². The number of aromatic amines is 1. The molecule has 0 fully saturated rings. The van der Waals surface area contributed by atoms with Crippen molar-refractivity contribution in [2.75, 3.05) is 0 Å². The summed E-state index contributed by atoms with van der Waals surface area (Å²) in [4.78, 5) is 8.01. The smallest absolute Gasteiger partial charge is 0.176 e. The minimum atomic E-state index is 0.0492. The lowest BCUT2D eigenvalue weighted by Crippen LogP contribution is -2.11. The standard InChI is InChI=1S/C19H25N3O/c1-11(2)12(3)18-20-10-16(22-18)13-7-8-15(19(4,5)6)14-9-21-23-17(13)14/h7-12H,1-6H3,(H,20,22). The molecule has 1 N–H and O–H groups in total. The third kappa shape index (κ3) is 2.78. The number of H-pyrrole nitrogens is 1. The highest BCUT2D eigenvalue weighted by molar-refractivity contribution is 5.93. The molecule has 23 heavy (non-hydrogen) atoms. The Balaban J connectivity index is 2.10. The highest BCUT2D eigenvalue weighted by atomic mass is 16.5. The maximum atomic E-state index is 5.56. The van der Waals surface area contributed by atoms with Crippen LogP contribution in [0.4, 0.5) is 0 Å². The molecule has 122 valence electrons. The Morgan fingerprint density at radius 1 is 1.09 bits per heavy atom. The molecule has 0 spiro atoms. The second-order valence-corrected chi connectivity index (χ2v) is 7.69. The average Bonchev–Trinajstić information content (AvgIpc) is 3.13. The van der Waals surface area contributed by atoms with Crippen molar-refractivity contribution in [2.45, 2.75) is 52.9 Å². The van der Waals surface area contributed by atoms with Crippen molar-refractivity contribution >= 4 is 11.0 Å². The molecule has 1 atom stereocenters. The third-order valence-corrected chi connectivity index (χ3v) is 4.65. The Hall–Kier alpha value is -2.10. The molecule has 1 unspecified atom stereocenters. The fourth-order valence-corrected chi connectivity index (χ4v) is 2.84. The van der Waals surface area contributed by atoms with E-state index >= 15 is 0 Å². The quantitative estimate of drug-likeness (QED) is 0.716. The van der Waals surface area contributed by atoms with Crippen LogP contribution >= 0.6 is 0 Å². The fraction of sp³-hybridized carbons (Fsp3) is 0.474. The largest absolute Gasteiger partial charge is 0.356 e. The Bertz CT molecular complexity index is 821. The first-order valence-corrected chi connectivity index (χ1v) is 8.22. The van der Waals surface area contributed by atoms with Gasteiger partial charge in [0.25, 0.3) is 0 Å². The summed E-state index contributed by atoms with van der Waals surface area (Å²) in [5.41, 5.74) is 4.11. The predicted molar refractivity (Wildman–Crippen MR) is 93.5 cm³/mol. The van der Waals surface area contributed by atoms with E-state index < -0.39 is 0 Å². The lowest BCUT2D eigenvalue weighted by atomic mass is 9.84. The summed E-state index contributed by atoms with van der Waals surface area (Å²) in [7, 11) is 0. The van der Waals surface area contributed by atoms with E-state index in [2.05, 4.69) is 68.8 Å². The van der Waals surface area contributed by atoms with Crippen LogP contribution in [-0.4, -0.2) is 15.1 Å². The molecule has 3 rings (SSSR count). The van der Waals surface area contributed by atoms with Crippen LogP contribution in [0.5, 0.6) is 0 Å². The Labute approximate surface area is 137 Å². The lowest BCUT2D eigenvalue weighted by molar-refractivity contribution is 0.457. The molecule has 1 aromatic carbocycles. The molecule has 2 heterocycles. The van der Waals surface area contributed by atoms with E-state index in [1.807, 2.05) is 12.4 Å². The molecule has 0 radical (unpaired) electrons. The number of nitrogens with zero attached hydrogens (tertiary/aromatic N) is 2. The van der Waals surface area contributed by atoms with Gasteiger partial charge in [-0.25, -0.2) is 4.98 Å². The zero-order valence-electron chi connectivity index (χ0n) is 14.8. The van der Waals surface area contributed by atoms with Crippen molar-refractivity contribution in [3.05, 3.63) is 35.9 Å². The van der Waals surface area contributed by atoms with Crippen LogP contribution < -0.4 is 0 Å². The number of rotatable bonds is 3. The molecule has 0 aliphatic rings. The first kappa shape index (κ1) is 15.8. The van der Waals surface area contributed by atoms with E-state index in [1.165, 1.54) is 5.56 Å². The van der Waals surface area contributed by atoms with Gasteiger partial charge in [0, 0.05) is 16.9 Å². The summed E-state index contributed by atoms with van der Waals surface area (Å²) in [6.07, 6.45) is 3.70. The minimum Gasteiger partial charge on any atom is -0.356 e. The molecular weight excluding hydrogens is 286 g/mol. The van der Waals surface area contributed by atoms with E-state index in [-0.39, 0.29) is 5.41 Å². The van der Waals surface area contributed by atoms with Gasteiger partial charge < -0.3 is 9.51 Å². The highest BCUT2D eigenvalue weighted by Gasteiger charge is 2.22. The molecule has 0 saturated heterocycles. The molecule has 3 aromatic rings. The molecule has 4 heteroatoms. The van der Waals surface area contributed by atoms with Gasteiger partial charge in [-0.05, 0) is 23.0 Å². The van der Waals surface area contributed by atoms with Crippen LogP contribution in [0.1, 0.15) is 58.8 Å². The Morgan fingerprint density at radius 3 is 2.48 bits per heavy atom. The third-order valence-electron chi connectivity index (χ3n) is 4.65. The van der Waals surface area contributed by atoms with E-state index in [0.717, 1.165) is 28.1 Å². The molecule has 4 nitrogen and oxygen atoms in total. The van der Waals surface area contributed by atoms with Crippen molar-refractivity contribution < 1.29 is 4.52 Å². The van der Waals surface area contributed by atoms with Crippen LogP contribution in [0.2, 0.25) is 0 Å². The van der Waals surface area contributed by atoms with Gasteiger partial charge in [0.1, 0.15) is 5.82 Å². The summed E-state index contributed by atoms with van der Waals surface area (Å²) < 4.78 is 5.56. The van der Waals surface area contributed by atoms with Gasteiger partial charge in [-0.15, -0.1) is 0 Å². The summed E-state index contributed by atoms with van der Waals surface area (Å²) in [6.45, 7) is 13.2. The normalized spacial score (nSPS) is 13.9. The van der Waals surface area contributed by atoms with Gasteiger partial charge in [0.05, 0.1) is 18.1 Å². The first-order chi connectivity index (χ1) is 10.8. The number of fused-ring (bicyclic) bond motifs is 1. The lowest BCUT2D eigenvalue weighted by Gasteiger charge is -2.20. The molecular formula is C19H25N3O. The number of aromatic nitrogens is 3. The van der Waals surface area contributed by atoms with E-state index in [1.54, 1.807) is 0 Å². The Kier molecular flexibility index (Phi) is 3.78. The van der Waals surface area contributed by atoms with Gasteiger partial charge in [0.2, 0.25) is 0 Å². The number of hydrogen-bond acceptors (Lipinski definition) is 3.